The molecule has 0 fully saturated rings. The highest BCUT2D eigenvalue weighted by atomic mass is 16.5. The Balaban J connectivity index is 1.44. The maximum absolute atomic E-state index is 12.7. The van der Waals surface area contributed by atoms with E-state index in [0.717, 1.165) is 28.3 Å². The summed E-state index contributed by atoms with van der Waals surface area (Å²) < 4.78 is 11.9. The number of hydrogen-bond acceptors (Lipinski definition) is 6. The molecule has 1 aromatic heterocycles. The summed E-state index contributed by atoms with van der Waals surface area (Å²) in [6.07, 6.45) is 7.66. The number of aromatic nitrogens is 1. The van der Waals surface area contributed by atoms with Gasteiger partial charge >= 0.3 is 5.97 Å². The summed E-state index contributed by atoms with van der Waals surface area (Å²) in [5, 5.41) is 9.97. The van der Waals surface area contributed by atoms with Crippen LogP contribution in [0.5, 0.6) is 5.75 Å². The molecule has 2 aromatic carbocycles. The van der Waals surface area contributed by atoms with Gasteiger partial charge in [0.15, 0.2) is 6.04 Å². The SMILES string of the molecule is CC=CC=CC(=O)N1CCc2ccc(OCCc3nc(-c4ccc(N(C)C)cc4)oc3C)cc2C1C(=O)O. The summed E-state index contributed by atoms with van der Waals surface area (Å²) in [4.78, 5) is 33.0. The van der Waals surface area contributed by atoms with E-state index < -0.39 is 12.0 Å². The van der Waals surface area contributed by atoms with Crippen LogP contribution in [0.4, 0.5) is 5.69 Å². The number of benzene rings is 2. The van der Waals surface area contributed by atoms with Crippen LogP contribution in [0.1, 0.15) is 35.5 Å². The van der Waals surface area contributed by atoms with E-state index in [0.29, 0.717) is 43.2 Å². The number of ether oxygens (including phenoxy) is 1. The van der Waals surface area contributed by atoms with E-state index in [-0.39, 0.29) is 5.91 Å². The number of carbonyl (C=O) groups excluding carboxylic acids is 1. The Labute approximate surface area is 222 Å². The second-order valence-corrected chi connectivity index (χ2v) is 9.33. The van der Waals surface area contributed by atoms with Crippen LogP contribution in [-0.4, -0.2) is 54.1 Å². The van der Waals surface area contributed by atoms with E-state index in [1.54, 1.807) is 24.3 Å². The number of carboxylic acids is 1. The number of aliphatic carboxylic acids is 1. The van der Waals surface area contributed by atoms with Gasteiger partial charge in [-0.1, -0.05) is 24.3 Å². The van der Waals surface area contributed by atoms with E-state index in [1.165, 1.54) is 11.0 Å². The molecule has 1 aliphatic rings. The van der Waals surface area contributed by atoms with Crippen molar-refractivity contribution >= 4 is 17.6 Å². The molecule has 198 valence electrons. The molecule has 8 heteroatoms. The molecule has 0 saturated carbocycles. The van der Waals surface area contributed by atoms with Gasteiger partial charge in [-0.2, -0.15) is 0 Å². The maximum atomic E-state index is 12.7. The number of carbonyl (C=O) groups is 2. The molecule has 1 N–H and O–H groups in total. The molecular formula is C30H33N3O5. The number of anilines is 1. The van der Waals surface area contributed by atoms with E-state index >= 15 is 0 Å². The third-order valence-electron chi connectivity index (χ3n) is 6.54. The zero-order valence-corrected chi connectivity index (χ0v) is 22.2. The number of amides is 1. The highest BCUT2D eigenvalue weighted by Gasteiger charge is 2.35. The second kappa shape index (κ2) is 11.8. The van der Waals surface area contributed by atoms with Crippen molar-refractivity contribution in [2.24, 2.45) is 0 Å². The van der Waals surface area contributed by atoms with Gasteiger partial charge in [0.25, 0.3) is 0 Å². The fourth-order valence-electron chi connectivity index (χ4n) is 4.48. The zero-order chi connectivity index (χ0) is 27.2. The molecule has 0 aliphatic carbocycles. The van der Waals surface area contributed by atoms with E-state index in [1.807, 2.05) is 69.2 Å². The van der Waals surface area contributed by atoms with Crippen molar-refractivity contribution in [3.05, 3.63) is 89.3 Å². The molecule has 2 heterocycles. The molecule has 3 aromatic rings. The van der Waals surface area contributed by atoms with E-state index in [2.05, 4.69) is 4.98 Å². The lowest BCUT2D eigenvalue weighted by atomic mass is 9.92. The van der Waals surface area contributed by atoms with Crippen LogP contribution in [0, 0.1) is 6.92 Å². The number of fused-ring (bicyclic) bond motifs is 1. The van der Waals surface area contributed by atoms with Crippen LogP contribution in [0.25, 0.3) is 11.5 Å². The minimum absolute atomic E-state index is 0.332. The van der Waals surface area contributed by atoms with Gasteiger partial charge in [-0.15, -0.1) is 0 Å². The summed E-state index contributed by atoms with van der Waals surface area (Å²) in [5.41, 5.74) is 4.29. The first-order chi connectivity index (χ1) is 18.3. The molecule has 38 heavy (non-hydrogen) atoms. The Morgan fingerprint density at radius 1 is 1.18 bits per heavy atom. The number of hydrogen-bond donors (Lipinski definition) is 1. The van der Waals surface area contributed by atoms with Crippen molar-refractivity contribution in [1.82, 2.24) is 9.88 Å². The van der Waals surface area contributed by atoms with Gasteiger partial charge in [0.1, 0.15) is 11.5 Å². The minimum Gasteiger partial charge on any atom is -0.493 e. The number of rotatable bonds is 9. The van der Waals surface area contributed by atoms with Gasteiger partial charge in [-0.25, -0.2) is 9.78 Å². The predicted molar refractivity (Wildman–Crippen MR) is 146 cm³/mol. The number of aryl methyl sites for hydroxylation is 1. The number of carboxylic acid groups (broad SMARTS) is 1. The Morgan fingerprint density at radius 3 is 2.63 bits per heavy atom. The first-order valence-corrected chi connectivity index (χ1v) is 12.6. The van der Waals surface area contributed by atoms with Crippen LogP contribution in [-0.2, 0) is 22.4 Å². The van der Waals surface area contributed by atoms with Gasteiger partial charge in [0, 0.05) is 44.4 Å². The van der Waals surface area contributed by atoms with Gasteiger partial charge in [0.05, 0.1) is 12.3 Å². The number of oxazole rings is 1. The fourth-order valence-corrected chi connectivity index (χ4v) is 4.48. The molecule has 0 radical (unpaired) electrons. The summed E-state index contributed by atoms with van der Waals surface area (Å²) in [5.74, 6) is 0.446. The summed E-state index contributed by atoms with van der Waals surface area (Å²) >= 11 is 0. The lowest BCUT2D eigenvalue weighted by molar-refractivity contribution is -0.149. The molecule has 8 nitrogen and oxygen atoms in total. The molecule has 4 rings (SSSR count). The number of nitrogens with zero attached hydrogens (tertiary/aromatic N) is 3. The highest BCUT2D eigenvalue weighted by Crippen LogP contribution is 2.33. The molecular weight excluding hydrogens is 482 g/mol. The summed E-state index contributed by atoms with van der Waals surface area (Å²) in [7, 11) is 3.98. The van der Waals surface area contributed by atoms with Crippen molar-refractivity contribution in [2.75, 3.05) is 32.1 Å². The quantitative estimate of drug-likeness (QED) is 0.317. The van der Waals surface area contributed by atoms with E-state index in [9.17, 15) is 14.7 Å². The topological polar surface area (TPSA) is 96.1 Å². The van der Waals surface area contributed by atoms with Crippen molar-refractivity contribution in [3.63, 3.8) is 0 Å². The Kier molecular flexibility index (Phi) is 8.31. The van der Waals surface area contributed by atoms with Crippen molar-refractivity contribution < 1.29 is 23.8 Å². The smallest absolute Gasteiger partial charge is 0.331 e. The molecule has 1 amide bonds. The van der Waals surface area contributed by atoms with Crippen molar-refractivity contribution in [2.45, 2.75) is 32.7 Å². The second-order valence-electron chi connectivity index (χ2n) is 9.33. The Bertz CT molecular complexity index is 1350. The monoisotopic (exact) mass is 515 g/mol. The zero-order valence-electron chi connectivity index (χ0n) is 22.2. The van der Waals surface area contributed by atoms with Crippen LogP contribution in [0.3, 0.4) is 0 Å². The summed E-state index contributed by atoms with van der Waals surface area (Å²) in [6.45, 7) is 4.42. The molecule has 1 aliphatic heterocycles. The maximum Gasteiger partial charge on any atom is 0.331 e. The van der Waals surface area contributed by atoms with Crippen molar-refractivity contribution in [3.8, 4) is 17.2 Å². The first-order valence-electron chi connectivity index (χ1n) is 12.6. The Hall–Kier alpha value is -4.33. The van der Waals surface area contributed by atoms with Gasteiger partial charge in [-0.05, 0) is 67.8 Å². The number of allylic oxidation sites excluding steroid dienone is 3. The largest absolute Gasteiger partial charge is 0.493 e. The molecule has 0 saturated heterocycles. The molecule has 1 unspecified atom stereocenters. The van der Waals surface area contributed by atoms with Crippen LogP contribution in [0.15, 0.2) is 71.2 Å². The Morgan fingerprint density at radius 2 is 1.95 bits per heavy atom. The fraction of sp³-hybridized carbons (Fsp3) is 0.300. The predicted octanol–water partition coefficient (Wildman–Crippen LogP) is 4.98. The molecule has 0 spiro atoms. The normalized spacial score (nSPS) is 15.2. The first kappa shape index (κ1) is 26.7. The van der Waals surface area contributed by atoms with Crippen LogP contribution in [0.2, 0.25) is 0 Å². The average molecular weight is 516 g/mol. The third kappa shape index (κ3) is 5.96. The lowest BCUT2D eigenvalue weighted by Gasteiger charge is -2.34. The van der Waals surface area contributed by atoms with Gasteiger partial charge in [0.2, 0.25) is 11.8 Å². The van der Waals surface area contributed by atoms with Gasteiger partial charge < -0.3 is 24.1 Å². The summed E-state index contributed by atoms with van der Waals surface area (Å²) in [6, 6.07) is 12.4. The minimum atomic E-state index is -1.07. The average Bonchev–Trinajstić information content (AvgIpc) is 3.28. The van der Waals surface area contributed by atoms with Crippen LogP contribution < -0.4 is 9.64 Å². The van der Waals surface area contributed by atoms with Crippen molar-refractivity contribution in [1.29, 1.82) is 0 Å². The van der Waals surface area contributed by atoms with Crippen LogP contribution >= 0.6 is 0 Å². The third-order valence-corrected chi connectivity index (χ3v) is 6.54. The lowest BCUT2D eigenvalue weighted by Crippen LogP contribution is -2.42. The van der Waals surface area contributed by atoms with E-state index in [4.69, 9.17) is 9.15 Å². The molecule has 1 atom stereocenters. The standard InChI is InChI=1S/C30H33N3O5/c1-5-6-7-8-27(34)33-17-15-21-11-14-24(19-25(21)28(33)30(35)36)37-18-16-26-20(2)38-29(31-26)22-9-12-23(13-10-22)32(3)4/h5-14,19,28H,15-18H2,1-4H3,(H,35,36). The molecule has 0 bridgehead atoms. The van der Waals surface area contributed by atoms with Gasteiger partial charge in [-0.3, -0.25) is 4.79 Å². The highest BCUT2D eigenvalue weighted by molar-refractivity contribution is 5.92.